The Bertz CT molecular complexity index is 4190. The third kappa shape index (κ3) is 5.20. The van der Waals surface area contributed by atoms with E-state index < -0.39 is 0 Å². The van der Waals surface area contributed by atoms with Crippen molar-refractivity contribution >= 4 is 75.8 Å². The van der Waals surface area contributed by atoms with Crippen LogP contribution >= 0.6 is 0 Å². The molecule has 3 heteroatoms. The lowest BCUT2D eigenvalue weighted by molar-refractivity contribution is 0.661. The predicted octanol–water partition coefficient (Wildman–Crippen LogP) is 16.6. The fourth-order valence-corrected chi connectivity index (χ4v) is 11.5. The first-order valence-electron chi connectivity index (χ1n) is 22.9. The van der Waals surface area contributed by atoms with E-state index in [2.05, 4.69) is 231 Å². The maximum Gasteiger partial charge on any atom is 0.235 e. The second-order valence-corrected chi connectivity index (χ2v) is 18.4. The molecular weight excluding hydrogens is 799 g/mol. The number of para-hydroxylation sites is 2. The number of nitrogens with zero attached hydrogens (tertiary/aromatic N) is 3. The molecule has 3 nitrogen and oxygen atoms in total. The van der Waals surface area contributed by atoms with E-state index in [1.54, 1.807) is 0 Å². The minimum Gasteiger partial charge on any atom is -0.277 e. The summed E-state index contributed by atoms with van der Waals surface area (Å²) in [5.41, 5.74) is 15.0. The van der Waals surface area contributed by atoms with Crippen molar-refractivity contribution in [2.45, 2.75) is 19.3 Å². The Labute approximate surface area is 381 Å². The molecule has 0 spiro atoms. The quantitative estimate of drug-likeness (QED) is 0.165. The van der Waals surface area contributed by atoms with E-state index in [0.29, 0.717) is 5.95 Å². The van der Waals surface area contributed by atoms with Gasteiger partial charge in [0.1, 0.15) is 0 Å². The fraction of sp³-hybridized carbons (Fsp3) is 0.0476. The van der Waals surface area contributed by atoms with Gasteiger partial charge >= 0.3 is 0 Å². The molecule has 66 heavy (non-hydrogen) atoms. The second kappa shape index (κ2) is 13.8. The van der Waals surface area contributed by atoms with Crippen molar-refractivity contribution in [2.75, 3.05) is 0 Å². The van der Waals surface area contributed by atoms with E-state index in [1.807, 2.05) is 0 Å². The first-order chi connectivity index (χ1) is 32.5. The van der Waals surface area contributed by atoms with Crippen LogP contribution in [0.15, 0.2) is 212 Å². The summed E-state index contributed by atoms with van der Waals surface area (Å²) >= 11 is 0. The van der Waals surface area contributed by atoms with Crippen molar-refractivity contribution in [1.82, 2.24) is 14.5 Å². The van der Waals surface area contributed by atoms with Crippen molar-refractivity contribution in [2.24, 2.45) is 0 Å². The van der Waals surface area contributed by atoms with Gasteiger partial charge in [0, 0.05) is 38.1 Å². The average molecular weight is 840 g/mol. The number of fused-ring (bicyclic) bond motifs is 15. The molecule has 2 heterocycles. The standard InChI is InChI=1S/C63H41N3/c1-63(2)54-36-34-39-16-4-6-19-45(39)57(54)51-35-33-42(37-55(51)63)46-26-14-27-53-58-49-22-9-7-20-47(49)48-21-8-10-23-50(48)61(58)66(60(46)53)62-64-56-28-12-11-24-52(56)59(65-62)41-31-29-40(30-32-41)44-25-13-17-38-15-3-5-18-43(38)44/h3-37H,1-2H3. The lowest BCUT2D eigenvalue weighted by atomic mass is 9.81. The first kappa shape index (κ1) is 37.0. The topological polar surface area (TPSA) is 30.7 Å². The SMILES string of the molecule is CC1(C)c2cc(-c3cccc4c5c6ccccc6c6ccccc6c5n(-c5nc(-c6ccc(-c7cccc8ccccc78)cc6)c6ccccc6n5)c34)ccc2-c2c1ccc1ccccc21. The van der Waals surface area contributed by atoms with E-state index in [-0.39, 0.29) is 5.41 Å². The van der Waals surface area contributed by atoms with Gasteiger partial charge < -0.3 is 0 Å². The lowest BCUT2D eigenvalue weighted by Crippen LogP contribution is -2.15. The Hall–Kier alpha value is -8.40. The van der Waals surface area contributed by atoms with Gasteiger partial charge in [0.05, 0.1) is 22.2 Å². The van der Waals surface area contributed by atoms with Crippen LogP contribution in [0.4, 0.5) is 0 Å². The summed E-state index contributed by atoms with van der Waals surface area (Å²) in [5, 5.41) is 13.3. The number of hydrogen-bond donors (Lipinski definition) is 0. The zero-order chi connectivity index (χ0) is 43.7. The van der Waals surface area contributed by atoms with Gasteiger partial charge in [-0.1, -0.05) is 214 Å². The second-order valence-electron chi connectivity index (χ2n) is 18.4. The maximum atomic E-state index is 5.68. The van der Waals surface area contributed by atoms with Crippen LogP contribution in [0, 0.1) is 0 Å². The summed E-state index contributed by atoms with van der Waals surface area (Å²) in [4.78, 5) is 11.2. The average Bonchev–Trinajstić information content (AvgIpc) is 3.85. The monoisotopic (exact) mass is 839 g/mol. The molecule has 2 aromatic heterocycles. The lowest BCUT2D eigenvalue weighted by Gasteiger charge is -2.22. The Morgan fingerprint density at radius 3 is 1.74 bits per heavy atom. The third-order valence-corrected chi connectivity index (χ3v) is 14.6. The van der Waals surface area contributed by atoms with Crippen LogP contribution in [0.25, 0.3) is 126 Å². The highest BCUT2D eigenvalue weighted by molar-refractivity contribution is 6.33. The van der Waals surface area contributed by atoms with E-state index in [0.717, 1.165) is 38.8 Å². The Kier molecular flexibility index (Phi) is 7.74. The van der Waals surface area contributed by atoms with E-state index >= 15 is 0 Å². The van der Waals surface area contributed by atoms with Gasteiger partial charge in [-0.25, -0.2) is 9.97 Å². The zero-order valence-electron chi connectivity index (χ0n) is 36.5. The minimum absolute atomic E-state index is 0.183. The molecule has 0 saturated carbocycles. The molecule has 11 aromatic carbocycles. The van der Waals surface area contributed by atoms with E-state index in [4.69, 9.17) is 9.97 Å². The summed E-state index contributed by atoms with van der Waals surface area (Å²) in [6, 6.07) is 77.7. The molecule has 0 radical (unpaired) electrons. The summed E-state index contributed by atoms with van der Waals surface area (Å²) in [7, 11) is 0. The van der Waals surface area contributed by atoms with Crippen LogP contribution in [0.2, 0.25) is 0 Å². The van der Waals surface area contributed by atoms with Crippen LogP contribution < -0.4 is 0 Å². The molecule has 1 aliphatic rings. The fourth-order valence-electron chi connectivity index (χ4n) is 11.5. The largest absolute Gasteiger partial charge is 0.277 e. The molecule has 0 bridgehead atoms. The smallest absolute Gasteiger partial charge is 0.235 e. The molecule has 0 fully saturated rings. The number of benzene rings is 11. The maximum absolute atomic E-state index is 5.68. The van der Waals surface area contributed by atoms with Crippen molar-refractivity contribution in [3.05, 3.63) is 223 Å². The Morgan fingerprint density at radius 2 is 0.939 bits per heavy atom. The van der Waals surface area contributed by atoms with E-state index in [9.17, 15) is 0 Å². The normalized spacial score (nSPS) is 13.1. The van der Waals surface area contributed by atoms with Gasteiger partial charge in [-0.15, -0.1) is 0 Å². The summed E-state index contributed by atoms with van der Waals surface area (Å²) in [5.74, 6) is 0.648. The van der Waals surface area contributed by atoms with Gasteiger partial charge in [-0.3, -0.25) is 4.57 Å². The highest BCUT2D eigenvalue weighted by atomic mass is 15.2. The highest BCUT2D eigenvalue weighted by Gasteiger charge is 2.37. The number of rotatable bonds is 4. The summed E-state index contributed by atoms with van der Waals surface area (Å²) in [6.07, 6.45) is 0. The van der Waals surface area contributed by atoms with Crippen LogP contribution in [0.5, 0.6) is 0 Å². The van der Waals surface area contributed by atoms with Crippen molar-refractivity contribution < 1.29 is 0 Å². The molecule has 0 amide bonds. The third-order valence-electron chi connectivity index (χ3n) is 14.6. The molecule has 0 saturated heterocycles. The molecule has 0 aliphatic heterocycles. The molecule has 14 rings (SSSR count). The van der Waals surface area contributed by atoms with Crippen LogP contribution in [0.3, 0.4) is 0 Å². The predicted molar refractivity (Wildman–Crippen MR) is 278 cm³/mol. The molecule has 0 N–H and O–H groups in total. The molecule has 13 aromatic rings. The Morgan fingerprint density at radius 1 is 0.364 bits per heavy atom. The van der Waals surface area contributed by atoms with Crippen molar-refractivity contribution in [1.29, 1.82) is 0 Å². The minimum atomic E-state index is -0.183. The van der Waals surface area contributed by atoms with Crippen LogP contribution in [-0.4, -0.2) is 14.5 Å². The van der Waals surface area contributed by atoms with E-state index in [1.165, 1.54) is 92.8 Å². The highest BCUT2D eigenvalue weighted by Crippen LogP contribution is 2.53. The molecular formula is C63H41N3. The van der Waals surface area contributed by atoms with Gasteiger partial charge in [0.15, 0.2) is 0 Å². The van der Waals surface area contributed by atoms with Gasteiger partial charge in [-0.2, -0.15) is 0 Å². The Balaban J connectivity index is 1.05. The summed E-state index contributed by atoms with van der Waals surface area (Å²) < 4.78 is 2.38. The summed E-state index contributed by atoms with van der Waals surface area (Å²) in [6.45, 7) is 4.76. The van der Waals surface area contributed by atoms with Gasteiger partial charge in [0.2, 0.25) is 5.95 Å². The molecule has 0 unspecified atom stereocenters. The first-order valence-corrected chi connectivity index (χ1v) is 22.9. The van der Waals surface area contributed by atoms with Gasteiger partial charge in [-0.05, 0) is 88.8 Å². The van der Waals surface area contributed by atoms with Crippen LogP contribution in [0.1, 0.15) is 25.0 Å². The van der Waals surface area contributed by atoms with Gasteiger partial charge in [0.25, 0.3) is 0 Å². The molecule has 308 valence electrons. The van der Waals surface area contributed by atoms with Crippen molar-refractivity contribution in [3.63, 3.8) is 0 Å². The molecule has 0 atom stereocenters. The van der Waals surface area contributed by atoms with Crippen molar-refractivity contribution in [3.8, 4) is 50.6 Å². The van der Waals surface area contributed by atoms with Crippen LogP contribution in [-0.2, 0) is 5.41 Å². The molecule has 1 aliphatic carbocycles. The number of hydrogen-bond acceptors (Lipinski definition) is 2. The number of aromatic nitrogens is 3. The zero-order valence-corrected chi connectivity index (χ0v) is 36.5.